The van der Waals surface area contributed by atoms with Crippen molar-refractivity contribution in [3.05, 3.63) is 46.0 Å². The van der Waals surface area contributed by atoms with Gasteiger partial charge in [-0.25, -0.2) is 4.98 Å². The van der Waals surface area contributed by atoms with E-state index in [2.05, 4.69) is 15.3 Å². The van der Waals surface area contributed by atoms with Crippen molar-refractivity contribution in [1.29, 1.82) is 0 Å². The highest BCUT2D eigenvalue weighted by Crippen LogP contribution is 2.28. The molecule has 0 aliphatic heterocycles. The van der Waals surface area contributed by atoms with E-state index >= 15 is 0 Å². The fourth-order valence-electron chi connectivity index (χ4n) is 1.59. The molecular formula is C12H7Cl2N3S. The molecule has 18 heavy (non-hydrogen) atoms. The third kappa shape index (κ3) is 2.27. The van der Waals surface area contributed by atoms with Crippen LogP contribution in [-0.2, 0) is 0 Å². The van der Waals surface area contributed by atoms with Crippen LogP contribution < -0.4 is 5.32 Å². The van der Waals surface area contributed by atoms with E-state index in [1.807, 2.05) is 35.7 Å². The molecule has 2 heterocycles. The van der Waals surface area contributed by atoms with E-state index in [-0.39, 0.29) is 5.28 Å². The van der Waals surface area contributed by atoms with Crippen molar-refractivity contribution in [1.82, 2.24) is 9.97 Å². The summed E-state index contributed by atoms with van der Waals surface area (Å²) in [4.78, 5) is 9.24. The van der Waals surface area contributed by atoms with Gasteiger partial charge in [-0.3, -0.25) is 0 Å². The molecule has 0 bridgehead atoms. The zero-order chi connectivity index (χ0) is 12.5. The monoisotopic (exact) mass is 295 g/mol. The van der Waals surface area contributed by atoms with Gasteiger partial charge in [-0.05, 0) is 47.3 Å². The van der Waals surface area contributed by atoms with Crippen LogP contribution in [-0.4, -0.2) is 9.97 Å². The van der Waals surface area contributed by atoms with Gasteiger partial charge in [0.25, 0.3) is 0 Å². The van der Waals surface area contributed by atoms with Gasteiger partial charge in [0, 0.05) is 10.7 Å². The van der Waals surface area contributed by atoms with Crippen molar-refractivity contribution in [2.45, 2.75) is 0 Å². The average Bonchev–Trinajstić information content (AvgIpc) is 2.80. The molecule has 0 atom stereocenters. The molecular weight excluding hydrogens is 289 g/mol. The lowest BCUT2D eigenvalue weighted by Gasteiger charge is -2.06. The number of nitrogens with one attached hydrogen (secondary N) is 1. The number of rotatable bonds is 2. The largest absolute Gasteiger partial charge is 0.340 e. The summed E-state index contributed by atoms with van der Waals surface area (Å²) in [5, 5.41) is 7.07. The third-order valence-corrected chi connectivity index (χ3v) is 3.63. The fraction of sp³-hybridized carbons (Fsp3) is 0. The predicted octanol–water partition coefficient (Wildman–Crippen LogP) is 4.74. The first-order chi connectivity index (χ1) is 8.72. The number of halogens is 2. The minimum absolute atomic E-state index is 0.237. The summed E-state index contributed by atoms with van der Waals surface area (Å²) in [6, 6.07) is 9.37. The molecule has 0 aliphatic rings. The van der Waals surface area contributed by atoms with Crippen LogP contribution in [0, 0.1) is 0 Å². The van der Waals surface area contributed by atoms with Crippen molar-refractivity contribution in [3.63, 3.8) is 0 Å². The molecule has 2 aromatic heterocycles. The first-order valence-electron chi connectivity index (χ1n) is 5.16. The molecule has 1 N–H and O–H groups in total. The summed E-state index contributed by atoms with van der Waals surface area (Å²) in [5.41, 5.74) is 0.904. The number of nitrogens with zero attached hydrogens (tertiary/aromatic N) is 2. The van der Waals surface area contributed by atoms with Crippen molar-refractivity contribution in [2.24, 2.45) is 0 Å². The second-order valence-electron chi connectivity index (χ2n) is 3.61. The molecule has 0 saturated carbocycles. The lowest BCUT2D eigenvalue weighted by Crippen LogP contribution is -1.95. The Morgan fingerprint density at radius 3 is 2.56 bits per heavy atom. The van der Waals surface area contributed by atoms with E-state index in [9.17, 15) is 0 Å². The van der Waals surface area contributed by atoms with E-state index in [1.54, 1.807) is 0 Å². The number of aromatic nitrogens is 2. The molecule has 0 unspecified atom stereocenters. The van der Waals surface area contributed by atoms with Gasteiger partial charge in [0.05, 0.1) is 5.39 Å². The van der Waals surface area contributed by atoms with Gasteiger partial charge in [0.15, 0.2) is 0 Å². The number of hydrogen-bond acceptors (Lipinski definition) is 4. The van der Waals surface area contributed by atoms with Crippen LogP contribution in [0.4, 0.5) is 11.5 Å². The molecule has 0 fully saturated rings. The topological polar surface area (TPSA) is 37.8 Å². The first kappa shape index (κ1) is 11.7. The maximum Gasteiger partial charge on any atom is 0.225 e. The summed E-state index contributed by atoms with van der Waals surface area (Å²) in [7, 11) is 0. The van der Waals surface area contributed by atoms with Crippen LogP contribution in [0.1, 0.15) is 0 Å². The zero-order valence-corrected chi connectivity index (χ0v) is 11.4. The standard InChI is InChI=1S/C12H7Cl2N3S/c13-7-1-3-8(4-2-7)15-10-9-5-6-18-11(9)17-12(14)16-10/h1-6H,(H,15,16,17). The maximum absolute atomic E-state index is 5.90. The van der Waals surface area contributed by atoms with E-state index in [0.29, 0.717) is 10.8 Å². The van der Waals surface area contributed by atoms with Crippen LogP contribution >= 0.6 is 34.5 Å². The smallest absolute Gasteiger partial charge is 0.225 e. The number of thiophene rings is 1. The summed E-state index contributed by atoms with van der Waals surface area (Å²) < 4.78 is 0. The number of anilines is 2. The Morgan fingerprint density at radius 1 is 1.00 bits per heavy atom. The van der Waals surface area contributed by atoms with Crippen LogP contribution in [0.25, 0.3) is 10.2 Å². The van der Waals surface area contributed by atoms with Crippen molar-refractivity contribution in [3.8, 4) is 0 Å². The first-order valence-corrected chi connectivity index (χ1v) is 6.79. The molecule has 1 aromatic carbocycles. The lowest BCUT2D eigenvalue weighted by atomic mass is 10.3. The van der Waals surface area contributed by atoms with Crippen LogP contribution in [0.15, 0.2) is 35.7 Å². The van der Waals surface area contributed by atoms with Crippen molar-refractivity contribution < 1.29 is 0 Å². The van der Waals surface area contributed by atoms with E-state index in [4.69, 9.17) is 23.2 Å². The van der Waals surface area contributed by atoms with E-state index in [1.165, 1.54) is 11.3 Å². The molecule has 0 spiro atoms. The lowest BCUT2D eigenvalue weighted by molar-refractivity contribution is 1.23. The molecule has 0 aliphatic carbocycles. The number of fused-ring (bicyclic) bond motifs is 1. The highest BCUT2D eigenvalue weighted by atomic mass is 35.5. The summed E-state index contributed by atoms with van der Waals surface area (Å²) in [5.74, 6) is 0.702. The summed E-state index contributed by atoms with van der Waals surface area (Å²) in [6.07, 6.45) is 0. The van der Waals surface area contributed by atoms with E-state index < -0.39 is 0 Å². The second-order valence-corrected chi connectivity index (χ2v) is 5.28. The second kappa shape index (κ2) is 4.72. The molecule has 3 rings (SSSR count). The van der Waals surface area contributed by atoms with E-state index in [0.717, 1.165) is 15.9 Å². The van der Waals surface area contributed by atoms with Crippen molar-refractivity contribution in [2.75, 3.05) is 5.32 Å². The van der Waals surface area contributed by atoms with Crippen molar-refractivity contribution >= 4 is 56.3 Å². The Bertz CT molecular complexity index is 694. The normalized spacial score (nSPS) is 10.8. The minimum Gasteiger partial charge on any atom is -0.340 e. The Kier molecular flexibility index (Phi) is 3.07. The highest BCUT2D eigenvalue weighted by molar-refractivity contribution is 7.16. The Hall–Kier alpha value is -1.36. The van der Waals surface area contributed by atoms with Gasteiger partial charge >= 0.3 is 0 Å². The third-order valence-electron chi connectivity index (χ3n) is 2.40. The average molecular weight is 296 g/mol. The molecule has 6 heteroatoms. The van der Waals surface area contributed by atoms with Gasteiger partial charge in [0.2, 0.25) is 5.28 Å². The fourth-order valence-corrected chi connectivity index (χ4v) is 2.70. The predicted molar refractivity (Wildman–Crippen MR) is 77.2 cm³/mol. The van der Waals surface area contributed by atoms with Gasteiger partial charge in [-0.1, -0.05) is 11.6 Å². The Balaban J connectivity index is 2.03. The van der Waals surface area contributed by atoms with Gasteiger partial charge in [-0.2, -0.15) is 4.98 Å². The maximum atomic E-state index is 5.90. The Labute approximate surface area is 117 Å². The molecule has 90 valence electrons. The highest BCUT2D eigenvalue weighted by Gasteiger charge is 2.07. The molecule has 0 amide bonds. The van der Waals surface area contributed by atoms with Gasteiger partial charge < -0.3 is 5.32 Å². The minimum atomic E-state index is 0.237. The molecule has 3 aromatic rings. The van der Waals surface area contributed by atoms with Crippen LogP contribution in [0.3, 0.4) is 0 Å². The SMILES string of the molecule is Clc1ccc(Nc2nc(Cl)nc3sccc23)cc1. The van der Waals surface area contributed by atoms with Gasteiger partial charge in [0.1, 0.15) is 10.6 Å². The molecule has 3 nitrogen and oxygen atoms in total. The van der Waals surface area contributed by atoms with Gasteiger partial charge in [-0.15, -0.1) is 11.3 Å². The quantitative estimate of drug-likeness (QED) is 0.694. The Morgan fingerprint density at radius 2 is 1.78 bits per heavy atom. The van der Waals surface area contributed by atoms with Crippen LogP contribution in [0.2, 0.25) is 10.3 Å². The summed E-state index contributed by atoms with van der Waals surface area (Å²) >= 11 is 13.3. The molecule has 0 saturated heterocycles. The zero-order valence-electron chi connectivity index (χ0n) is 9.02. The molecule has 0 radical (unpaired) electrons. The number of hydrogen-bond donors (Lipinski definition) is 1. The van der Waals surface area contributed by atoms with Crippen LogP contribution in [0.5, 0.6) is 0 Å². The number of benzene rings is 1. The summed E-state index contributed by atoms with van der Waals surface area (Å²) in [6.45, 7) is 0.